The summed E-state index contributed by atoms with van der Waals surface area (Å²) >= 11 is 0. The average Bonchev–Trinajstić information content (AvgIpc) is 3.05. The Morgan fingerprint density at radius 2 is 2.04 bits per heavy atom. The number of likely N-dealkylation sites (tertiary alicyclic amines) is 1. The number of hydrogen-bond donors (Lipinski definition) is 1. The van der Waals surface area contributed by atoms with Gasteiger partial charge in [0.05, 0.1) is 20.1 Å². The fourth-order valence-corrected chi connectivity index (χ4v) is 3.42. The van der Waals surface area contributed by atoms with E-state index < -0.39 is 0 Å². The lowest BCUT2D eigenvalue weighted by Gasteiger charge is -2.22. The van der Waals surface area contributed by atoms with Crippen molar-refractivity contribution in [2.24, 2.45) is 16.8 Å². The molecule has 0 saturated carbocycles. The summed E-state index contributed by atoms with van der Waals surface area (Å²) < 4.78 is 10.4. The van der Waals surface area contributed by atoms with Gasteiger partial charge < -0.3 is 19.7 Å². The number of halogens is 1. The molecule has 0 aromatic heterocycles. The first-order chi connectivity index (χ1) is 12.5. The van der Waals surface area contributed by atoms with Crippen LogP contribution >= 0.6 is 24.0 Å². The van der Waals surface area contributed by atoms with Gasteiger partial charge in [-0.15, -0.1) is 24.0 Å². The maximum Gasteiger partial charge on any atom is 0.310 e. The number of methoxy groups -OCH3 is 2. The Bertz CT molecular complexity index is 639. The molecule has 1 heterocycles. The zero-order valence-corrected chi connectivity index (χ0v) is 19.2. The van der Waals surface area contributed by atoms with Crippen molar-refractivity contribution in [2.75, 3.05) is 40.4 Å². The van der Waals surface area contributed by atoms with Gasteiger partial charge in [-0.1, -0.05) is 32.0 Å². The molecule has 0 aliphatic carbocycles. The number of carbonyl (C=O) groups is 1. The molecule has 7 heteroatoms. The fraction of sp³-hybridized carbons (Fsp3) is 0.600. The van der Waals surface area contributed by atoms with E-state index in [1.54, 1.807) is 7.11 Å². The van der Waals surface area contributed by atoms with E-state index in [1.807, 2.05) is 18.2 Å². The minimum absolute atomic E-state index is 0. The molecule has 1 aromatic carbocycles. The predicted molar refractivity (Wildman–Crippen MR) is 119 cm³/mol. The number of rotatable bonds is 6. The number of nitrogens with one attached hydrogen (secondary N) is 1. The largest absolute Gasteiger partial charge is 0.496 e. The van der Waals surface area contributed by atoms with Crippen LogP contribution in [0.25, 0.3) is 0 Å². The normalized spacial score (nSPS) is 20.6. The Hall–Kier alpha value is -1.51. The summed E-state index contributed by atoms with van der Waals surface area (Å²) in [4.78, 5) is 18.9. The number of esters is 1. The Kier molecular flexibility index (Phi) is 9.90. The highest BCUT2D eigenvalue weighted by atomic mass is 127. The number of aliphatic imine (C=N–C) groups is 1. The van der Waals surface area contributed by atoms with E-state index in [2.05, 4.69) is 37.1 Å². The van der Waals surface area contributed by atoms with E-state index in [0.29, 0.717) is 13.1 Å². The third-order valence-electron chi connectivity index (χ3n) is 4.94. The summed E-state index contributed by atoms with van der Waals surface area (Å²) in [5.74, 6) is 1.98. The highest BCUT2D eigenvalue weighted by Crippen LogP contribution is 2.27. The molecule has 0 spiro atoms. The SMILES string of the molecule is CCNC(=NCC(C)c1ccccc1OC)N1CC(C)C(C(=O)OC)C1.I. The van der Waals surface area contributed by atoms with E-state index in [-0.39, 0.29) is 47.7 Å². The summed E-state index contributed by atoms with van der Waals surface area (Å²) in [6.45, 7) is 9.16. The number of nitrogens with zero attached hydrogens (tertiary/aromatic N) is 2. The van der Waals surface area contributed by atoms with Crippen LogP contribution in [0.3, 0.4) is 0 Å². The van der Waals surface area contributed by atoms with Gasteiger partial charge in [-0.2, -0.15) is 0 Å². The molecule has 3 unspecified atom stereocenters. The lowest BCUT2D eigenvalue weighted by molar-refractivity contribution is -0.145. The van der Waals surface area contributed by atoms with Crippen LogP contribution < -0.4 is 10.1 Å². The van der Waals surface area contributed by atoms with Crippen LogP contribution in [0.2, 0.25) is 0 Å². The lowest BCUT2D eigenvalue weighted by Crippen LogP contribution is -2.40. The smallest absolute Gasteiger partial charge is 0.310 e. The van der Waals surface area contributed by atoms with E-state index in [0.717, 1.165) is 30.4 Å². The number of benzene rings is 1. The van der Waals surface area contributed by atoms with Crippen LogP contribution in [-0.4, -0.2) is 57.2 Å². The molecule has 1 aliphatic heterocycles. The zero-order valence-electron chi connectivity index (χ0n) is 16.9. The summed E-state index contributed by atoms with van der Waals surface area (Å²) in [5, 5.41) is 3.35. The van der Waals surface area contributed by atoms with Gasteiger partial charge >= 0.3 is 5.97 Å². The Morgan fingerprint density at radius 1 is 1.33 bits per heavy atom. The van der Waals surface area contributed by atoms with Gasteiger partial charge in [0.25, 0.3) is 0 Å². The van der Waals surface area contributed by atoms with Gasteiger partial charge in [-0.05, 0) is 24.5 Å². The van der Waals surface area contributed by atoms with E-state index in [1.165, 1.54) is 7.11 Å². The molecule has 1 fully saturated rings. The Labute approximate surface area is 179 Å². The van der Waals surface area contributed by atoms with E-state index >= 15 is 0 Å². The average molecular weight is 489 g/mol. The molecule has 0 amide bonds. The van der Waals surface area contributed by atoms with Crippen molar-refractivity contribution in [2.45, 2.75) is 26.7 Å². The summed E-state index contributed by atoms with van der Waals surface area (Å²) in [6, 6.07) is 8.05. The number of hydrogen-bond acceptors (Lipinski definition) is 4. The van der Waals surface area contributed by atoms with Gasteiger partial charge in [0.15, 0.2) is 5.96 Å². The van der Waals surface area contributed by atoms with Crippen LogP contribution in [0.1, 0.15) is 32.3 Å². The molecule has 2 rings (SSSR count). The first kappa shape index (κ1) is 23.5. The van der Waals surface area contributed by atoms with Crippen LogP contribution in [-0.2, 0) is 9.53 Å². The fourth-order valence-electron chi connectivity index (χ4n) is 3.42. The minimum atomic E-state index is -0.141. The van der Waals surface area contributed by atoms with Gasteiger partial charge in [-0.3, -0.25) is 9.79 Å². The highest BCUT2D eigenvalue weighted by molar-refractivity contribution is 14.0. The van der Waals surface area contributed by atoms with Gasteiger partial charge in [0, 0.05) is 32.1 Å². The predicted octanol–water partition coefficient (Wildman–Crippen LogP) is 3.12. The molecule has 1 aromatic rings. The first-order valence-electron chi connectivity index (χ1n) is 9.25. The van der Waals surface area contributed by atoms with Crippen LogP contribution in [0, 0.1) is 11.8 Å². The molecule has 1 N–H and O–H groups in total. The van der Waals surface area contributed by atoms with Crippen molar-refractivity contribution in [3.05, 3.63) is 29.8 Å². The molecule has 152 valence electrons. The second-order valence-corrected chi connectivity index (χ2v) is 6.85. The van der Waals surface area contributed by atoms with Crippen LogP contribution in [0.5, 0.6) is 5.75 Å². The van der Waals surface area contributed by atoms with Gasteiger partial charge in [-0.25, -0.2) is 0 Å². The highest BCUT2D eigenvalue weighted by Gasteiger charge is 2.36. The molecule has 3 atom stereocenters. The second kappa shape index (κ2) is 11.4. The molecule has 1 aliphatic rings. The third kappa shape index (κ3) is 5.99. The first-order valence-corrected chi connectivity index (χ1v) is 9.25. The third-order valence-corrected chi connectivity index (χ3v) is 4.94. The van der Waals surface area contributed by atoms with Crippen LogP contribution in [0.15, 0.2) is 29.3 Å². The molecule has 1 saturated heterocycles. The van der Waals surface area contributed by atoms with Crippen molar-refractivity contribution >= 4 is 35.9 Å². The van der Waals surface area contributed by atoms with E-state index in [4.69, 9.17) is 14.5 Å². The summed E-state index contributed by atoms with van der Waals surface area (Å²) in [7, 11) is 3.14. The number of guanidine groups is 1. The van der Waals surface area contributed by atoms with E-state index in [9.17, 15) is 4.79 Å². The Balaban J connectivity index is 0.00000364. The molecule has 0 radical (unpaired) electrons. The Morgan fingerprint density at radius 3 is 2.67 bits per heavy atom. The maximum atomic E-state index is 11.9. The number of para-hydroxylation sites is 1. The monoisotopic (exact) mass is 489 g/mol. The van der Waals surface area contributed by atoms with Crippen molar-refractivity contribution in [1.82, 2.24) is 10.2 Å². The molecular weight excluding hydrogens is 457 g/mol. The van der Waals surface area contributed by atoms with Crippen molar-refractivity contribution < 1.29 is 14.3 Å². The summed E-state index contributed by atoms with van der Waals surface area (Å²) in [6.07, 6.45) is 0. The van der Waals surface area contributed by atoms with Gasteiger partial charge in [0.1, 0.15) is 5.75 Å². The molecule has 6 nitrogen and oxygen atoms in total. The summed E-state index contributed by atoms with van der Waals surface area (Å²) in [5.41, 5.74) is 1.15. The van der Waals surface area contributed by atoms with Crippen molar-refractivity contribution in [1.29, 1.82) is 0 Å². The molecule has 27 heavy (non-hydrogen) atoms. The standard InChI is InChI=1S/C20H31N3O3.HI/c1-6-21-20(23-12-15(3)17(13-23)19(24)26-5)22-11-14(2)16-9-7-8-10-18(16)25-4;/h7-10,14-15,17H,6,11-13H2,1-5H3,(H,21,22);1H. The number of ether oxygens (including phenoxy) is 2. The second-order valence-electron chi connectivity index (χ2n) is 6.85. The number of carbonyl (C=O) groups excluding carboxylic acids is 1. The van der Waals surface area contributed by atoms with Crippen molar-refractivity contribution in [3.8, 4) is 5.75 Å². The van der Waals surface area contributed by atoms with Gasteiger partial charge in [0.2, 0.25) is 0 Å². The quantitative estimate of drug-likeness (QED) is 0.288. The minimum Gasteiger partial charge on any atom is -0.496 e. The molecular formula is C20H32IN3O3. The maximum absolute atomic E-state index is 11.9. The van der Waals surface area contributed by atoms with Crippen LogP contribution in [0.4, 0.5) is 0 Å². The molecule has 0 bridgehead atoms. The zero-order chi connectivity index (χ0) is 19.1. The topological polar surface area (TPSA) is 63.2 Å². The van der Waals surface area contributed by atoms with Crippen molar-refractivity contribution in [3.63, 3.8) is 0 Å². The lowest BCUT2D eigenvalue weighted by atomic mass is 9.99.